The third-order valence-corrected chi connectivity index (χ3v) is 1.82. The molecule has 0 atom stereocenters. The summed E-state index contributed by atoms with van der Waals surface area (Å²) in [7, 11) is 0. The van der Waals surface area contributed by atoms with Crippen LogP contribution in [0.5, 0.6) is 0 Å². The van der Waals surface area contributed by atoms with Gasteiger partial charge in [-0.05, 0) is 18.1 Å². The molecule has 54 valence electrons. The zero-order valence-corrected chi connectivity index (χ0v) is 6.09. The van der Waals surface area contributed by atoms with E-state index in [1.165, 1.54) is 5.56 Å². The lowest BCUT2D eigenvalue weighted by atomic mass is 10.2. The molecule has 1 aliphatic rings. The minimum Gasteiger partial charge on any atom is -0.370 e. The first-order valence-corrected chi connectivity index (χ1v) is 3.59. The first-order chi connectivity index (χ1) is 5.40. The van der Waals surface area contributed by atoms with Crippen LogP contribution >= 0.6 is 0 Å². The van der Waals surface area contributed by atoms with Crippen molar-refractivity contribution in [1.29, 1.82) is 0 Å². The highest BCUT2D eigenvalue weighted by atomic mass is 15.0. The van der Waals surface area contributed by atoms with E-state index >= 15 is 0 Å². The van der Waals surface area contributed by atoms with Crippen LogP contribution in [-0.2, 0) is 6.42 Å². The van der Waals surface area contributed by atoms with E-state index in [0.717, 1.165) is 24.3 Å². The average Bonchev–Trinajstić information content (AvgIpc) is 2.50. The minimum absolute atomic E-state index is 0.868. The van der Waals surface area contributed by atoms with Crippen LogP contribution in [-0.4, -0.2) is 11.5 Å². The molecule has 0 saturated carbocycles. The Morgan fingerprint density at radius 3 is 3.36 bits per heavy atom. The molecule has 1 N–H and O–H groups in total. The second-order valence-electron chi connectivity index (χ2n) is 2.55. The molecule has 0 spiro atoms. The number of hydrogen-bond donors (Lipinski definition) is 1. The fourth-order valence-corrected chi connectivity index (χ4v) is 1.25. The number of nitrogens with one attached hydrogen (secondary N) is 1. The zero-order chi connectivity index (χ0) is 7.68. The van der Waals surface area contributed by atoms with Gasteiger partial charge < -0.3 is 5.32 Å². The summed E-state index contributed by atoms with van der Waals surface area (Å²) in [5, 5.41) is 3.17. The second kappa shape index (κ2) is 2.28. The molecule has 2 nitrogen and oxygen atoms in total. The molecule has 2 rings (SSSR count). The molecular weight excluding hydrogens is 136 g/mol. The Morgan fingerprint density at radius 2 is 2.55 bits per heavy atom. The summed E-state index contributed by atoms with van der Waals surface area (Å²) >= 11 is 0. The van der Waals surface area contributed by atoms with Crippen LogP contribution in [0.15, 0.2) is 12.3 Å². The van der Waals surface area contributed by atoms with Gasteiger partial charge >= 0.3 is 0 Å². The van der Waals surface area contributed by atoms with Crippen LogP contribution in [0.25, 0.3) is 0 Å². The predicted molar refractivity (Wildman–Crippen MR) is 44.4 cm³/mol. The van der Waals surface area contributed by atoms with Crippen molar-refractivity contribution >= 4 is 5.82 Å². The van der Waals surface area contributed by atoms with Crippen molar-refractivity contribution in [2.45, 2.75) is 6.42 Å². The van der Waals surface area contributed by atoms with Crippen molar-refractivity contribution in [2.75, 3.05) is 11.9 Å². The lowest BCUT2D eigenvalue weighted by Gasteiger charge is -1.96. The van der Waals surface area contributed by atoms with Crippen LogP contribution in [0.4, 0.5) is 5.82 Å². The van der Waals surface area contributed by atoms with Gasteiger partial charge in [0.15, 0.2) is 0 Å². The van der Waals surface area contributed by atoms with Gasteiger partial charge in [0.2, 0.25) is 0 Å². The van der Waals surface area contributed by atoms with Gasteiger partial charge in [0.1, 0.15) is 5.82 Å². The van der Waals surface area contributed by atoms with Crippen LogP contribution in [0.1, 0.15) is 11.1 Å². The summed E-state index contributed by atoms with van der Waals surface area (Å²) in [6, 6.07) is 2.02. The van der Waals surface area contributed by atoms with Gasteiger partial charge in [-0.15, -0.1) is 6.42 Å². The van der Waals surface area contributed by atoms with E-state index in [4.69, 9.17) is 6.42 Å². The fraction of sp³-hybridized carbons (Fsp3) is 0.222. The lowest BCUT2D eigenvalue weighted by molar-refractivity contribution is 1.11. The highest BCUT2D eigenvalue weighted by Crippen LogP contribution is 2.19. The highest BCUT2D eigenvalue weighted by molar-refractivity contribution is 5.52. The van der Waals surface area contributed by atoms with E-state index in [2.05, 4.69) is 16.2 Å². The maximum absolute atomic E-state index is 5.23. The molecule has 0 aliphatic carbocycles. The molecule has 11 heavy (non-hydrogen) atoms. The molecule has 1 aromatic heterocycles. The van der Waals surface area contributed by atoms with E-state index in [1.54, 1.807) is 6.20 Å². The van der Waals surface area contributed by atoms with Crippen LogP contribution in [0.3, 0.4) is 0 Å². The van der Waals surface area contributed by atoms with E-state index in [1.807, 2.05) is 6.07 Å². The lowest BCUT2D eigenvalue weighted by Crippen LogP contribution is -1.92. The number of nitrogens with zero attached hydrogens (tertiary/aromatic N) is 1. The van der Waals surface area contributed by atoms with Crippen molar-refractivity contribution < 1.29 is 0 Å². The second-order valence-corrected chi connectivity index (χ2v) is 2.55. The molecule has 2 heterocycles. The van der Waals surface area contributed by atoms with Gasteiger partial charge in [-0.3, -0.25) is 0 Å². The number of rotatable bonds is 0. The summed E-state index contributed by atoms with van der Waals surface area (Å²) in [5.41, 5.74) is 2.10. The van der Waals surface area contributed by atoms with Crippen molar-refractivity contribution in [3.63, 3.8) is 0 Å². The number of terminal acetylenes is 1. The van der Waals surface area contributed by atoms with E-state index in [0.29, 0.717) is 0 Å². The molecule has 1 aliphatic heterocycles. The van der Waals surface area contributed by atoms with Gasteiger partial charge in [-0.25, -0.2) is 4.98 Å². The van der Waals surface area contributed by atoms with E-state index in [-0.39, 0.29) is 0 Å². The van der Waals surface area contributed by atoms with Crippen molar-refractivity contribution in [1.82, 2.24) is 4.98 Å². The Hall–Kier alpha value is -1.49. The summed E-state index contributed by atoms with van der Waals surface area (Å²) in [4.78, 5) is 4.18. The molecule has 0 fully saturated rings. The summed E-state index contributed by atoms with van der Waals surface area (Å²) in [5.74, 6) is 3.56. The standard InChI is InChI=1S/C9H8N2/c1-2-7-5-8-3-4-10-9(8)11-6-7/h1,5-6H,3-4H2,(H,10,11). The van der Waals surface area contributed by atoms with Crippen molar-refractivity contribution in [3.05, 3.63) is 23.4 Å². The predicted octanol–water partition coefficient (Wildman–Crippen LogP) is 1.03. The molecule has 0 bridgehead atoms. The largest absolute Gasteiger partial charge is 0.370 e. The quantitative estimate of drug-likeness (QED) is 0.550. The zero-order valence-electron chi connectivity index (χ0n) is 6.09. The Bertz CT molecular complexity index is 323. The Kier molecular flexibility index (Phi) is 1.29. The summed E-state index contributed by atoms with van der Waals surface area (Å²) < 4.78 is 0. The summed E-state index contributed by atoms with van der Waals surface area (Å²) in [6.07, 6.45) is 7.99. The highest BCUT2D eigenvalue weighted by Gasteiger charge is 2.10. The summed E-state index contributed by atoms with van der Waals surface area (Å²) in [6.45, 7) is 0.982. The van der Waals surface area contributed by atoms with Gasteiger partial charge in [0, 0.05) is 18.3 Å². The third-order valence-electron chi connectivity index (χ3n) is 1.82. The molecule has 2 heteroatoms. The number of fused-ring (bicyclic) bond motifs is 1. The van der Waals surface area contributed by atoms with Crippen LogP contribution in [0, 0.1) is 12.3 Å². The normalized spacial score (nSPS) is 13.4. The molecule has 1 aromatic rings. The van der Waals surface area contributed by atoms with Gasteiger partial charge in [0.25, 0.3) is 0 Å². The smallest absolute Gasteiger partial charge is 0.129 e. The maximum atomic E-state index is 5.23. The topological polar surface area (TPSA) is 24.9 Å². The van der Waals surface area contributed by atoms with E-state index < -0.39 is 0 Å². The molecule has 0 radical (unpaired) electrons. The third kappa shape index (κ3) is 0.947. The molecule has 0 aromatic carbocycles. The van der Waals surface area contributed by atoms with Gasteiger partial charge in [-0.1, -0.05) is 5.92 Å². The first-order valence-electron chi connectivity index (χ1n) is 3.59. The van der Waals surface area contributed by atoms with Gasteiger partial charge in [0.05, 0.1) is 0 Å². The van der Waals surface area contributed by atoms with Crippen molar-refractivity contribution in [2.24, 2.45) is 0 Å². The van der Waals surface area contributed by atoms with Crippen LogP contribution < -0.4 is 5.32 Å². The number of anilines is 1. The van der Waals surface area contributed by atoms with Crippen LogP contribution in [0.2, 0.25) is 0 Å². The monoisotopic (exact) mass is 144 g/mol. The number of pyridine rings is 1. The molecule has 0 unspecified atom stereocenters. The maximum Gasteiger partial charge on any atom is 0.129 e. The Labute approximate surface area is 65.7 Å². The fourth-order valence-electron chi connectivity index (χ4n) is 1.25. The number of aromatic nitrogens is 1. The first kappa shape index (κ1) is 6.23. The molecular formula is C9H8N2. The molecule has 0 amide bonds. The van der Waals surface area contributed by atoms with Gasteiger partial charge in [-0.2, -0.15) is 0 Å². The van der Waals surface area contributed by atoms with E-state index in [9.17, 15) is 0 Å². The SMILES string of the molecule is C#Cc1cnc2c(c1)CCN2. The Balaban J connectivity index is 2.51. The van der Waals surface area contributed by atoms with Crippen molar-refractivity contribution in [3.8, 4) is 12.3 Å². The molecule has 0 saturated heterocycles. The average molecular weight is 144 g/mol. The minimum atomic E-state index is 0.868. The Morgan fingerprint density at radius 1 is 1.64 bits per heavy atom. The number of hydrogen-bond acceptors (Lipinski definition) is 2.